The molecular formula is C19H23NO5. The van der Waals surface area contributed by atoms with Gasteiger partial charge in [0.15, 0.2) is 6.61 Å². The van der Waals surface area contributed by atoms with Gasteiger partial charge < -0.3 is 25.4 Å². The van der Waals surface area contributed by atoms with E-state index in [1.807, 2.05) is 12.1 Å². The van der Waals surface area contributed by atoms with Crippen LogP contribution in [0.2, 0.25) is 0 Å². The number of carbonyl (C=O) groups is 1. The number of nitrogens with one attached hydrogen (secondary N) is 1. The minimum Gasteiger partial charge on any atom is -0.508 e. The van der Waals surface area contributed by atoms with E-state index in [-0.39, 0.29) is 12.4 Å². The highest BCUT2D eigenvalue weighted by Crippen LogP contribution is 2.22. The highest BCUT2D eigenvalue weighted by molar-refractivity contribution is 5.68. The van der Waals surface area contributed by atoms with Gasteiger partial charge in [0.2, 0.25) is 0 Å². The molecule has 6 heteroatoms. The molecule has 0 saturated carbocycles. The summed E-state index contributed by atoms with van der Waals surface area (Å²) in [5.74, 6) is -0.313. The number of ether oxygens (including phenoxy) is 1. The van der Waals surface area contributed by atoms with Gasteiger partial charge >= 0.3 is 5.97 Å². The smallest absolute Gasteiger partial charge is 0.341 e. The first-order chi connectivity index (χ1) is 11.9. The lowest BCUT2D eigenvalue weighted by molar-refractivity contribution is -0.139. The van der Waals surface area contributed by atoms with E-state index in [1.54, 1.807) is 43.3 Å². The van der Waals surface area contributed by atoms with Crippen molar-refractivity contribution in [3.63, 3.8) is 0 Å². The summed E-state index contributed by atoms with van der Waals surface area (Å²) in [4.78, 5) is 10.4. The van der Waals surface area contributed by atoms with E-state index in [9.17, 15) is 15.0 Å². The summed E-state index contributed by atoms with van der Waals surface area (Å²) in [6, 6.07) is 13.8. The molecule has 0 radical (unpaired) electrons. The van der Waals surface area contributed by atoms with Crippen molar-refractivity contribution in [2.75, 3.05) is 19.7 Å². The van der Waals surface area contributed by atoms with E-state index in [0.717, 1.165) is 17.5 Å². The predicted molar refractivity (Wildman–Crippen MR) is 93.8 cm³/mol. The molecule has 0 bridgehead atoms. The standard InChI is InChI=1S/C19H23NO5/c1-19(24,15-4-6-16(21)7-5-15)13-20-11-10-14-2-8-17(9-3-14)25-12-18(22)23/h2-9,20-21,24H,10-13H2,1H3,(H,22,23)/t19-/m0/s1. The second-order valence-electron chi connectivity index (χ2n) is 6.07. The van der Waals surface area contributed by atoms with Crippen LogP contribution in [-0.4, -0.2) is 41.0 Å². The lowest BCUT2D eigenvalue weighted by Crippen LogP contribution is -2.36. The summed E-state index contributed by atoms with van der Waals surface area (Å²) in [6.07, 6.45) is 0.769. The number of hydrogen-bond acceptors (Lipinski definition) is 5. The van der Waals surface area contributed by atoms with Crippen LogP contribution in [0, 0.1) is 0 Å². The Bertz CT molecular complexity index is 680. The first-order valence-corrected chi connectivity index (χ1v) is 8.03. The second kappa shape index (κ2) is 8.50. The Kier molecular flexibility index (Phi) is 6.38. The maximum Gasteiger partial charge on any atom is 0.341 e. The summed E-state index contributed by atoms with van der Waals surface area (Å²) >= 11 is 0. The zero-order valence-corrected chi connectivity index (χ0v) is 14.1. The van der Waals surface area contributed by atoms with Crippen LogP contribution in [0.3, 0.4) is 0 Å². The van der Waals surface area contributed by atoms with E-state index < -0.39 is 11.6 Å². The van der Waals surface area contributed by atoms with Crippen molar-refractivity contribution in [3.05, 3.63) is 59.7 Å². The topological polar surface area (TPSA) is 99.0 Å². The lowest BCUT2D eigenvalue weighted by atomic mass is 9.96. The number of aliphatic hydroxyl groups is 1. The Hall–Kier alpha value is -2.57. The molecule has 2 rings (SSSR count). The fourth-order valence-corrected chi connectivity index (χ4v) is 2.38. The molecule has 2 aromatic rings. The first kappa shape index (κ1) is 18.8. The molecule has 0 spiro atoms. The Morgan fingerprint density at radius 3 is 2.36 bits per heavy atom. The molecule has 6 nitrogen and oxygen atoms in total. The summed E-state index contributed by atoms with van der Waals surface area (Å²) in [5, 5.41) is 31.6. The molecule has 0 aliphatic rings. The van der Waals surface area contributed by atoms with Gasteiger partial charge in [-0.05, 0) is 55.3 Å². The van der Waals surface area contributed by atoms with E-state index >= 15 is 0 Å². The van der Waals surface area contributed by atoms with Gasteiger partial charge in [0.05, 0.1) is 5.60 Å². The average molecular weight is 345 g/mol. The Morgan fingerprint density at radius 1 is 1.12 bits per heavy atom. The molecule has 4 N–H and O–H groups in total. The van der Waals surface area contributed by atoms with Crippen molar-refractivity contribution < 1.29 is 24.9 Å². The van der Waals surface area contributed by atoms with Crippen LogP contribution < -0.4 is 10.1 Å². The zero-order chi connectivity index (χ0) is 18.3. The summed E-state index contributed by atoms with van der Waals surface area (Å²) in [5.41, 5.74) is 0.791. The van der Waals surface area contributed by atoms with Crippen LogP contribution in [0.25, 0.3) is 0 Å². The Morgan fingerprint density at radius 2 is 1.76 bits per heavy atom. The van der Waals surface area contributed by atoms with E-state index in [4.69, 9.17) is 9.84 Å². The quantitative estimate of drug-likeness (QED) is 0.518. The molecule has 0 fully saturated rings. The third-order valence-corrected chi connectivity index (χ3v) is 3.83. The molecular weight excluding hydrogens is 322 g/mol. The largest absolute Gasteiger partial charge is 0.508 e. The monoisotopic (exact) mass is 345 g/mol. The lowest BCUT2D eigenvalue weighted by Gasteiger charge is -2.24. The highest BCUT2D eigenvalue weighted by Gasteiger charge is 2.22. The SMILES string of the molecule is C[C@](O)(CNCCc1ccc(OCC(=O)O)cc1)c1ccc(O)cc1. The normalized spacial score (nSPS) is 13.2. The predicted octanol–water partition coefficient (Wildman–Crippen LogP) is 1.90. The van der Waals surface area contributed by atoms with Crippen LogP contribution in [0.4, 0.5) is 0 Å². The molecule has 0 aliphatic carbocycles. The number of phenols is 1. The average Bonchev–Trinajstić information content (AvgIpc) is 2.58. The molecule has 0 aromatic heterocycles. The number of carboxylic acids is 1. The first-order valence-electron chi connectivity index (χ1n) is 8.03. The molecule has 1 atom stereocenters. The molecule has 0 unspecified atom stereocenters. The molecule has 134 valence electrons. The van der Waals surface area contributed by atoms with Gasteiger partial charge in [0.25, 0.3) is 0 Å². The fraction of sp³-hybridized carbons (Fsp3) is 0.316. The molecule has 0 amide bonds. The molecule has 0 aliphatic heterocycles. The number of aromatic hydroxyl groups is 1. The molecule has 25 heavy (non-hydrogen) atoms. The van der Waals surface area contributed by atoms with E-state index in [2.05, 4.69) is 5.32 Å². The summed E-state index contributed by atoms with van der Waals surface area (Å²) in [7, 11) is 0. The van der Waals surface area contributed by atoms with Crippen molar-refractivity contribution >= 4 is 5.97 Å². The number of phenolic OH excluding ortho intramolecular Hbond substituents is 1. The van der Waals surface area contributed by atoms with Gasteiger partial charge in [-0.15, -0.1) is 0 Å². The van der Waals surface area contributed by atoms with Gasteiger partial charge in [-0.1, -0.05) is 24.3 Å². The minimum absolute atomic E-state index is 0.170. The zero-order valence-electron chi connectivity index (χ0n) is 14.1. The third kappa shape index (κ3) is 6.10. The maximum absolute atomic E-state index is 10.5. The number of benzene rings is 2. The van der Waals surface area contributed by atoms with Crippen LogP contribution >= 0.6 is 0 Å². The van der Waals surface area contributed by atoms with Gasteiger partial charge in [0.1, 0.15) is 11.5 Å². The third-order valence-electron chi connectivity index (χ3n) is 3.83. The maximum atomic E-state index is 10.5. The van der Waals surface area contributed by atoms with Gasteiger partial charge in [-0.2, -0.15) is 0 Å². The van der Waals surface area contributed by atoms with Crippen molar-refractivity contribution in [2.24, 2.45) is 0 Å². The van der Waals surface area contributed by atoms with Crippen molar-refractivity contribution in [3.8, 4) is 11.5 Å². The van der Waals surface area contributed by atoms with Crippen LogP contribution in [-0.2, 0) is 16.8 Å². The molecule has 0 saturated heterocycles. The fourth-order valence-electron chi connectivity index (χ4n) is 2.38. The van der Waals surface area contributed by atoms with E-state index in [0.29, 0.717) is 18.8 Å². The van der Waals surface area contributed by atoms with Crippen LogP contribution in [0.5, 0.6) is 11.5 Å². The number of hydrogen-bond donors (Lipinski definition) is 4. The van der Waals surface area contributed by atoms with E-state index in [1.165, 1.54) is 0 Å². The highest BCUT2D eigenvalue weighted by atomic mass is 16.5. The van der Waals surface area contributed by atoms with Crippen molar-refractivity contribution in [2.45, 2.75) is 18.9 Å². The molecule has 2 aromatic carbocycles. The van der Waals surface area contributed by atoms with Crippen molar-refractivity contribution in [1.29, 1.82) is 0 Å². The Labute approximate surface area is 146 Å². The number of carboxylic acid groups (broad SMARTS) is 1. The second-order valence-corrected chi connectivity index (χ2v) is 6.07. The van der Waals surface area contributed by atoms with Crippen LogP contribution in [0.1, 0.15) is 18.1 Å². The summed E-state index contributed by atoms with van der Waals surface area (Å²) < 4.78 is 5.08. The molecule has 0 heterocycles. The van der Waals surface area contributed by atoms with Crippen LogP contribution in [0.15, 0.2) is 48.5 Å². The summed E-state index contributed by atoms with van der Waals surface area (Å²) in [6.45, 7) is 2.44. The number of aliphatic carboxylic acids is 1. The van der Waals surface area contributed by atoms with Gasteiger partial charge in [-0.3, -0.25) is 0 Å². The number of rotatable bonds is 9. The van der Waals surface area contributed by atoms with Crippen molar-refractivity contribution in [1.82, 2.24) is 5.32 Å². The minimum atomic E-state index is -1.03. The van der Waals surface area contributed by atoms with Gasteiger partial charge in [0, 0.05) is 6.54 Å². The van der Waals surface area contributed by atoms with Gasteiger partial charge in [-0.25, -0.2) is 4.79 Å². The Balaban J connectivity index is 1.76.